The van der Waals surface area contributed by atoms with Gasteiger partial charge in [-0.2, -0.15) is 5.26 Å². The lowest BCUT2D eigenvalue weighted by Crippen LogP contribution is -2.46. The average molecular weight is 486 g/mol. The van der Waals surface area contributed by atoms with Crippen LogP contribution in [0.5, 0.6) is 0 Å². The van der Waals surface area contributed by atoms with Gasteiger partial charge < -0.3 is 30.3 Å². The zero-order valence-corrected chi connectivity index (χ0v) is 20.0. The number of nitrogens with one attached hydrogen (secondary N) is 3. The molecule has 0 radical (unpaired) electrons. The van der Waals surface area contributed by atoms with Crippen LogP contribution in [-0.2, 0) is 9.47 Å². The smallest absolute Gasteiger partial charge is 0.319 e. The Morgan fingerprint density at radius 1 is 1.06 bits per heavy atom. The summed E-state index contributed by atoms with van der Waals surface area (Å²) in [5.74, 6) is 0.494. The van der Waals surface area contributed by atoms with E-state index in [4.69, 9.17) is 14.7 Å². The van der Waals surface area contributed by atoms with E-state index in [2.05, 4.69) is 44.1 Å². The van der Waals surface area contributed by atoms with E-state index in [0.29, 0.717) is 30.4 Å². The second kappa shape index (κ2) is 10.2. The first-order valence-electron chi connectivity index (χ1n) is 11.7. The fraction of sp³-hybridized carbons (Fsp3) is 0.308. The lowest BCUT2D eigenvalue weighted by molar-refractivity contribution is 0.0683. The van der Waals surface area contributed by atoms with Gasteiger partial charge in [0.05, 0.1) is 42.6 Å². The lowest BCUT2D eigenvalue weighted by atomic mass is 10.1. The molecule has 2 fully saturated rings. The number of carbonyl (C=O) groups is 1. The topological polar surface area (TPSA) is 124 Å². The highest BCUT2D eigenvalue weighted by molar-refractivity contribution is 5.89. The maximum absolute atomic E-state index is 12.5. The molecule has 2 aliphatic heterocycles. The summed E-state index contributed by atoms with van der Waals surface area (Å²) in [6, 6.07) is 18.0. The third-order valence-electron chi connectivity index (χ3n) is 6.27. The van der Waals surface area contributed by atoms with Gasteiger partial charge in [-0.05, 0) is 36.4 Å². The highest BCUT2D eigenvalue weighted by atomic mass is 16.6. The number of carbonyl (C=O) groups excluding carboxylic acids is 1. The molecule has 4 atom stereocenters. The summed E-state index contributed by atoms with van der Waals surface area (Å²) < 4.78 is 12.0. The minimum Gasteiger partial charge on any atom is -0.378 e. The Balaban J connectivity index is 1.19. The van der Waals surface area contributed by atoms with Crippen LogP contribution >= 0.6 is 0 Å². The van der Waals surface area contributed by atoms with Crippen LogP contribution in [0.4, 0.5) is 22.1 Å². The molecule has 1 aromatic heterocycles. The monoisotopic (exact) mass is 485 g/mol. The van der Waals surface area contributed by atoms with Gasteiger partial charge in [0.15, 0.2) is 0 Å². The van der Waals surface area contributed by atoms with Gasteiger partial charge in [-0.15, -0.1) is 0 Å². The minimum absolute atomic E-state index is 0.150. The quantitative estimate of drug-likeness (QED) is 0.487. The lowest BCUT2D eigenvalue weighted by Gasteiger charge is -2.19. The van der Waals surface area contributed by atoms with E-state index in [0.717, 1.165) is 16.9 Å². The van der Waals surface area contributed by atoms with E-state index in [1.165, 1.54) is 0 Å². The van der Waals surface area contributed by atoms with Gasteiger partial charge in [0.1, 0.15) is 12.2 Å². The molecule has 3 N–H and O–H groups in total. The first-order chi connectivity index (χ1) is 17.5. The number of nitrogens with zero attached hydrogens (tertiary/aromatic N) is 4. The Labute approximate surface area is 209 Å². The van der Waals surface area contributed by atoms with Gasteiger partial charge in [-0.25, -0.2) is 14.8 Å². The molecular formula is C26H27N7O3. The van der Waals surface area contributed by atoms with Crippen LogP contribution in [0.15, 0.2) is 60.8 Å². The predicted octanol–water partition coefficient (Wildman–Crippen LogP) is 2.85. The normalized spacial score (nSPS) is 22.4. The van der Waals surface area contributed by atoms with Gasteiger partial charge >= 0.3 is 6.03 Å². The number of ether oxygens (including phenoxy) is 2. The maximum Gasteiger partial charge on any atom is 0.319 e. The first-order valence-corrected chi connectivity index (χ1v) is 11.7. The fourth-order valence-corrected chi connectivity index (χ4v) is 4.43. The summed E-state index contributed by atoms with van der Waals surface area (Å²) >= 11 is 0. The van der Waals surface area contributed by atoms with E-state index < -0.39 is 0 Å². The number of hydrogen-bond acceptors (Lipinski definition) is 8. The van der Waals surface area contributed by atoms with E-state index in [9.17, 15) is 4.79 Å². The van der Waals surface area contributed by atoms with Crippen molar-refractivity contribution in [3.05, 3.63) is 66.4 Å². The molecule has 2 aliphatic rings. The van der Waals surface area contributed by atoms with Crippen molar-refractivity contribution in [2.24, 2.45) is 0 Å². The summed E-state index contributed by atoms with van der Waals surface area (Å²) in [4.78, 5) is 23.6. The summed E-state index contributed by atoms with van der Waals surface area (Å²) in [7, 11) is 4.01. The molecule has 2 saturated heterocycles. The van der Waals surface area contributed by atoms with Crippen LogP contribution in [0.3, 0.4) is 0 Å². The molecule has 0 spiro atoms. The maximum atomic E-state index is 12.5. The van der Waals surface area contributed by atoms with Gasteiger partial charge in [0.25, 0.3) is 0 Å². The second-order valence-electron chi connectivity index (χ2n) is 8.95. The average Bonchev–Trinajstić information content (AvgIpc) is 3.47. The summed E-state index contributed by atoms with van der Waals surface area (Å²) in [6.07, 6.45) is 1.19. The van der Waals surface area contributed by atoms with Crippen LogP contribution in [0, 0.1) is 11.3 Å². The summed E-state index contributed by atoms with van der Waals surface area (Å²) in [5.41, 5.74) is 3.95. The Morgan fingerprint density at radius 2 is 1.81 bits per heavy atom. The molecule has 3 aromatic rings. The molecular weight excluding hydrogens is 458 g/mol. The van der Waals surface area contributed by atoms with Crippen LogP contribution in [0.2, 0.25) is 0 Å². The third-order valence-corrected chi connectivity index (χ3v) is 6.27. The van der Waals surface area contributed by atoms with E-state index in [1.807, 2.05) is 37.2 Å². The molecule has 184 valence electrons. The molecule has 3 heterocycles. The predicted molar refractivity (Wildman–Crippen MR) is 136 cm³/mol. The number of urea groups is 1. The second-order valence-corrected chi connectivity index (χ2v) is 8.95. The molecule has 2 aromatic carbocycles. The highest BCUT2D eigenvalue weighted by Crippen LogP contribution is 2.29. The van der Waals surface area contributed by atoms with Crippen molar-refractivity contribution < 1.29 is 14.3 Å². The Kier molecular flexibility index (Phi) is 6.66. The van der Waals surface area contributed by atoms with Crippen LogP contribution in [0.1, 0.15) is 5.56 Å². The van der Waals surface area contributed by atoms with Crippen molar-refractivity contribution in [1.82, 2.24) is 15.3 Å². The number of aromatic nitrogens is 2. The molecule has 0 bridgehead atoms. The Morgan fingerprint density at radius 3 is 2.56 bits per heavy atom. The van der Waals surface area contributed by atoms with Crippen molar-refractivity contribution in [3.8, 4) is 17.3 Å². The summed E-state index contributed by atoms with van der Waals surface area (Å²) in [6.45, 7) is 0.739. The van der Waals surface area contributed by atoms with E-state index in [1.54, 1.807) is 30.5 Å². The van der Waals surface area contributed by atoms with Gasteiger partial charge in [0.2, 0.25) is 5.95 Å². The standard InChI is InChI=1S/C26H27N7O3/c1-33(2)19-8-6-17(7-9-19)20-10-11-28-25(30-20)31-21-14-35-24-22(15-36-23(21)24)32-26(34)29-18-5-3-4-16(12-18)13-27/h3-12,21-24H,14-15H2,1-2H3,(H,28,30,31)(H2,29,32,34). The van der Waals surface area contributed by atoms with Gasteiger partial charge in [-0.1, -0.05) is 18.2 Å². The molecule has 0 saturated carbocycles. The fourth-order valence-electron chi connectivity index (χ4n) is 4.43. The highest BCUT2D eigenvalue weighted by Gasteiger charge is 2.48. The van der Waals surface area contributed by atoms with Crippen LogP contribution in [0.25, 0.3) is 11.3 Å². The number of hydrogen-bond donors (Lipinski definition) is 3. The van der Waals surface area contributed by atoms with E-state index >= 15 is 0 Å². The summed E-state index contributed by atoms with van der Waals surface area (Å²) in [5, 5.41) is 18.0. The SMILES string of the molecule is CN(C)c1ccc(-c2ccnc(NC3COC4C(NC(=O)Nc5cccc(C#N)c5)COC34)n2)cc1. The Hall–Kier alpha value is -4.20. The van der Waals surface area contributed by atoms with E-state index in [-0.39, 0.29) is 30.3 Å². The van der Waals surface area contributed by atoms with Crippen molar-refractivity contribution >= 4 is 23.4 Å². The largest absolute Gasteiger partial charge is 0.378 e. The number of fused-ring (bicyclic) bond motifs is 1. The molecule has 36 heavy (non-hydrogen) atoms. The molecule has 4 unspecified atom stereocenters. The minimum atomic E-state index is -0.379. The van der Waals surface area contributed by atoms with Crippen LogP contribution < -0.4 is 20.9 Å². The third kappa shape index (κ3) is 5.07. The number of benzene rings is 2. The number of amides is 2. The zero-order valence-electron chi connectivity index (χ0n) is 20.0. The molecule has 2 amide bonds. The first kappa shape index (κ1) is 23.5. The van der Waals surface area contributed by atoms with Crippen molar-refractivity contribution in [2.75, 3.05) is 42.8 Å². The molecule has 5 rings (SSSR count). The van der Waals surface area contributed by atoms with Crippen molar-refractivity contribution in [1.29, 1.82) is 5.26 Å². The zero-order chi connectivity index (χ0) is 25.1. The van der Waals surface area contributed by atoms with Gasteiger partial charge in [-0.3, -0.25) is 0 Å². The number of nitriles is 1. The van der Waals surface area contributed by atoms with Gasteiger partial charge in [0, 0.05) is 37.2 Å². The molecule has 10 nitrogen and oxygen atoms in total. The number of anilines is 3. The molecule has 10 heteroatoms. The van der Waals surface area contributed by atoms with Crippen LogP contribution in [-0.4, -0.2) is 67.6 Å². The van der Waals surface area contributed by atoms with Crippen molar-refractivity contribution in [3.63, 3.8) is 0 Å². The Bertz CT molecular complexity index is 1280. The van der Waals surface area contributed by atoms with Crippen molar-refractivity contribution in [2.45, 2.75) is 24.3 Å². The number of rotatable bonds is 6. The molecule has 0 aliphatic carbocycles.